The van der Waals surface area contributed by atoms with Crippen LogP contribution in [0.1, 0.15) is 31.2 Å². The molecule has 0 bridgehead atoms. The Balaban J connectivity index is 1.41. The quantitative estimate of drug-likeness (QED) is 0.271. The SMILES string of the molecule is O=C(CCCCCN1C(=O)/C(=C/c2ccccc2)SC1=S)Nc1ccc(Cl)cc1Cl. The number of rotatable bonds is 8. The Morgan fingerprint density at radius 3 is 2.60 bits per heavy atom. The number of benzene rings is 2. The number of thioether (sulfide) groups is 1. The smallest absolute Gasteiger partial charge is 0.266 e. The first-order valence-electron chi connectivity index (χ1n) is 9.49. The number of carbonyl (C=O) groups is 2. The lowest BCUT2D eigenvalue weighted by atomic mass is 10.1. The van der Waals surface area contributed by atoms with Crippen molar-refractivity contribution in [2.45, 2.75) is 25.7 Å². The van der Waals surface area contributed by atoms with Gasteiger partial charge in [0.2, 0.25) is 5.91 Å². The molecule has 3 rings (SSSR count). The third-order valence-corrected chi connectivity index (χ3v) is 6.39. The van der Waals surface area contributed by atoms with Crippen molar-refractivity contribution in [2.75, 3.05) is 11.9 Å². The Bertz CT molecular complexity index is 980. The average Bonchev–Trinajstić information content (AvgIpc) is 2.98. The first-order valence-corrected chi connectivity index (χ1v) is 11.5. The number of nitrogens with one attached hydrogen (secondary N) is 1. The molecule has 1 N–H and O–H groups in total. The second kappa shape index (κ2) is 11.0. The van der Waals surface area contributed by atoms with E-state index in [0.717, 1.165) is 18.4 Å². The predicted octanol–water partition coefficient (Wildman–Crippen LogP) is 6.39. The summed E-state index contributed by atoms with van der Waals surface area (Å²) in [5, 5.41) is 3.72. The summed E-state index contributed by atoms with van der Waals surface area (Å²) >= 11 is 18.6. The van der Waals surface area contributed by atoms with E-state index in [0.29, 0.717) is 44.3 Å². The van der Waals surface area contributed by atoms with Crippen LogP contribution in [-0.4, -0.2) is 27.6 Å². The fourth-order valence-electron chi connectivity index (χ4n) is 2.93. The molecular weight excluding hydrogens is 459 g/mol. The fourth-order valence-corrected chi connectivity index (χ4v) is 4.69. The van der Waals surface area contributed by atoms with Gasteiger partial charge in [0, 0.05) is 18.0 Å². The molecule has 0 unspecified atom stereocenters. The number of unbranched alkanes of at least 4 members (excludes halogenated alkanes) is 2. The molecule has 1 aliphatic rings. The maximum absolute atomic E-state index is 12.6. The summed E-state index contributed by atoms with van der Waals surface area (Å²) < 4.78 is 0.581. The Morgan fingerprint density at radius 1 is 1.10 bits per heavy atom. The van der Waals surface area contributed by atoms with Crippen LogP contribution in [0.4, 0.5) is 5.69 Å². The molecule has 1 fully saturated rings. The van der Waals surface area contributed by atoms with Crippen LogP contribution < -0.4 is 5.32 Å². The van der Waals surface area contributed by atoms with Crippen molar-refractivity contribution >= 4 is 75.1 Å². The van der Waals surface area contributed by atoms with E-state index in [1.54, 1.807) is 23.1 Å². The number of thiocarbonyl (C=S) groups is 1. The van der Waals surface area contributed by atoms with Crippen LogP contribution >= 0.6 is 47.2 Å². The molecule has 2 aromatic carbocycles. The molecule has 0 saturated carbocycles. The van der Waals surface area contributed by atoms with Crippen molar-refractivity contribution in [3.63, 3.8) is 0 Å². The lowest BCUT2D eigenvalue weighted by Gasteiger charge is -2.14. The van der Waals surface area contributed by atoms with E-state index >= 15 is 0 Å². The monoisotopic (exact) mass is 478 g/mol. The molecule has 1 heterocycles. The second-order valence-corrected chi connectivity index (χ2v) is 9.25. The highest BCUT2D eigenvalue weighted by molar-refractivity contribution is 8.26. The molecule has 1 aliphatic heterocycles. The van der Waals surface area contributed by atoms with Gasteiger partial charge in [-0.05, 0) is 42.7 Å². The molecule has 0 aliphatic carbocycles. The lowest BCUT2D eigenvalue weighted by molar-refractivity contribution is -0.122. The number of nitrogens with zero attached hydrogens (tertiary/aromatic N) is 1. The molecule has 0 spiro atoms. The van der Waals surface area contributed by atoms with Crippen molar-refractivity contribution in [1.82, 2.24) is 4.90 Å². The molecule has 0 radical (unpaired) electrons. The maximum Gasteiger partial charge on any atom is 0.266 e. The molecule has 156 valence electrons. The summed E-state index contributed by atoms with van der Waals surface area (Å²) in [4.78, 5) is 27.0. The molecule has 2 aromatic rings. The van der Waals surface area contributed by atoms with Crippen LogP contribution in [-0.2, 0) is 9.59 Å². The zero-order valence-electron chi connectivity index (χ0n) is 16.1. The molecule has 0 atom stereocenters. The molecular formula is C22H20Cl2N2O2S2. The zero-order valence-corrected chi connectivity index (χ0v) is 19.2. The number of hydrogen-bond donors (Lipinski definition) is 1. The van der Waals surface area contributed by atoms with E-state index in [1.807, 2.05) is 36.4 Å². The average molecular weight is 479 g/mol. The van der Waals surface area contributed by atoms with Gasteiger partial charge in [0.1, 0.15) is 4.32 Å². The summed E-state index contributed by atoms with van der Waals surface area (Å²) in [6.07, 6.45) is 4.55. The van der Waals surface area contributed by atoms with Gasteiger partial charge in [-0.3, -0.25) is 14.5 Å². The molecule has 30 heavy (non-hydrogen) atoms. The molecule has 2 amide bonds. The molecule has 8 heteroatoms. The van der Waals surface area contributed by atoms with Crippen LogP contribution in [0.15, 0.2) is 53.4 Å². The van der Waals surface area contributed by atoms with Gasteiger partial charge in [0.15, 0.2) is 0 Å². The van der Waals surface area contributed by atoms with Crippen molar-refractivity contribution in [1.29, 1.82) is 0 Å². The summed E-state index contributed by atoms with van der Waals surface area (Å²) in [7, 11) is 0. The number of amides is 2. The second-order valence-electron chi connectivity index (χ2n) is 6.73. The Morgan fingerprint density at radius 2 is 1.87 bits per heavy atom. The van der Waals surface area contributed by atoms with Gasteiger partial charge < -0.3 is 5.32 Å². The van der Waals surface area contributed by atoms with Gasteiger partial charge >= 0.3 is 0 Å². The minimum Gasteiger partial charge on any atom is -0.325 e. The van der Waals surface area contributed by atoms with Crippen molar-refractivity contribution < 1.29 is 9.59 Å². The van der Waals surface area contributed by atoms with E-state index in [2.05, 4.69) is 5.32 Å². The third-order valence-electron chi connectivity index (χ3n) is 4.46. The highest BCUT2D eigenvalue weighted by Crippen LogP contribution is 2.32. The molecule has 0 aromatic heterocycles. The predicted molar refractivity (Wildman–Crippen MR) is 130 cm³/mol. The van der Waals surface area contributed by atoms with E-state index in [1.165, 1.54) is 11.8 Å². The number of halogens is 2. The summed E-state index contributed by atoms with van der Waals surface area (Å²) in [5.41, 5.74) is 1.53. The molecule has 4 nitrogen and oxygen atoms in total. The minimum atomic E-state index is -0.101. The Labute approximate surface area is 195 Å². The van der Waals surface area contributed by atoms with Gasteiger partial charge in [0.25, 0.3) is 5.91 Å². The number of anilines is 1. The van der Waals surface area contributed by atoms with E-state index in [4.69, 9.17) is 35.4 Å². The summed E-state index contributed by atoms with van der Waals surface area (Å²) in [6.45, 7) is 0.557. The third kappa shape index (κ3) is 6.32. The van der Waals surface area contributed by atoms with Gasteiger partial charge in [-0.15, -0.1) is 0 Å². The largest absolute Gasteiger partial charge is 0.325 e. The Kier molecular flexibility index (Phi) is 8.33. The van der Waals surface area contributed by atoms with Gasteiger partial charge in [-0.2, -0.15) is 0 Å². The molecule has 1 saturated heterocycles. The highest BCUT2D eigenvalue weighted by Gasteiger charge is 2.31. The van der Waals surface area contributed by atoms with Gasteiger partial charge in [-0.1, -0.05) is 83.9 Å². The van der Waals surface area contributed by atoms with Gasteiger partial charge in [-0.25, -0.2) is 0 Å². The van der Waals surface area contributed by atoms with Crippen LogP contribution in [0.5, 0.6) is 0 Å². The Hall–Kier alpha value is -1.86. The standard InChI is InChI=1S/C22H20Cl2N2O2S2/c23-16-10-11-18(17(24)14-16)25-20(27)9-5-2-6-12-26-21(28)19(30-22(26)29)13-15-7-3-1-4-8-15/h1,3-4,7-8,10-11,13-14H,2,5-6,9,12H2,(H,25,27)/b19-13-. The van der Waals surface area contributed by atoms with E-state index < -0.39 is 0 Å². The lowest BCUT2D eigenvalue weighted by Crippen LogP contribution is -2.29. The highest BCUT2D eigenvalue weighted by atomic mass is 35.5. The zero-order chi connectivity index (χ0) is 21.5. The number of hydrogen-bond acceptors (Lipinski definition) is 4. The summed E-state index contributed by atoms with van der Waals surface area (Å²) in [5.74, 6) is -0.153. The van der Waals surface area contributed by atoms with Crippen molar-refractivity contribution in [3.8, 4) is 0 Å². The normalized spacial score (nSPS) is 15.1. The maximum atomic E-state index is 12.6. The van der Waals surface area contributed by atoms with Crippen LogP contribution in [0.25, 0.3) is 6.08 Å². The van der Waals surface area contributed by atoms with E-state index in [-0.39, 0.29) is 11.8 Å². The topological polar surface area (TPSA) is 49.4 Å². The van der Waals surface area contributed by atoms with Crippen LogP contribution in [0.2, 0.25) is 10.0 Å². The van der Waals surface area contributed by atoms with Crippen molar-refractivity contribution in [3.05, 3.63) is 69.0 Å². The van der Waals surface area contributed by atoms with Gasteiger partial charge in [0.05, 0.1) is 15.6 Å². The van der Waals surface area contributed by atoms with Crippen LogP contribution in [0, 0.1) is 0 Å². The van der Waals surface area contributed by atoms with Crippen LogP contribution in [0.3, 0.4) is 0 Å². The summed E-state index contributed by atoms with van der Waals surface area (Å²) in [6, 6.07) is 14.7. The minimum absolute atomic E-state index is 0.0519. The first kappa shape index (κ1) is 22.8. The van der Waals surface area contributed by atoms with E-state index in [9.17, 15) is 9.59 Å². The fraction of sp³-hybridized carbons (Fsp3) is 0.227. The van der Waals surface area contributed by atoms with Crippen molar-refractivity contribution in [2.24, 2.45) is 0 Å². The first-order chi connectivity index (χ1) is 14.4. The number of carbonyl (C=O) groups excluding carboxylic acids is 2.